The molecule has 0 saturated heterocycles. The summed E-state index contributed by atoms with van der Waals surface area (Å²) in [7, 11) is 3.41. The topological polar surface area (TPSA) is 34.6 Å². The van der Waals surface area contributed by atoms with Gasteiger partial charge >= 0.3 is 247 Å². The van der Waals surface area contributed by atoms with E-state index in [1.165, 1.54) is 66.7 Å². The second-order valence-electron chi connectivity index (χ2n) is 10.7. The fourth-order valence-corrected chi connectivity index (χ4v) is 21.3. The van der Waals surface area contributed by atoms with Crippen LogP contribution in [0.3, 0.4) is 0 Å². The quantitative estimate of drug-likeness (QED) is 0.136. The summed E-state index contributed by atoms with van der Waals surface area (Å²) < 4.78 is 16.3. The Labute approximate surface area is 246 Å². The van der Waals surface area contributed by atoms with E-state index in [1.54, 1.807) is 14.2 Å². The first-order valence-corrected chi connectivity index (χ1v) is 22.5. The van der Waals surface area contributed by atoms with Gasteiger partial charge < -0.3 is 0 Å². The Bertz CT molecular complexity index is 1050. The average Bonchev–Trinajstić information content (AvgIpc) is 2.97. The van der Waals surface area contributed by atoms with Crippen LogP contribution in [0.25, 0.3) is 0 Å². The van der Waals surface area contributed by atoms with E-state index in [0.717, 1.165) is 35.4 Å². The van der Waals surface area contributed by atoms with Gasteiger partial charge in [0.05, 0.1) is 0 Å². The van der Waals surface area contributed by atoms with Gasteiger partial charge in [0, 0.05) is 0 Å². The second kappa shape index (κ2) is 16.4. The van der Waals surface area contributed by atoms with Gasteiger partial charge in [-0.15, -0.1) is 0 Å². The molecule has 3 rings (SSSR count). The van der Waals surface area contributed by atoms with E-state index in [4.69, 9.17) is 26.1 Å². The molecule has 0 aliphatic carbocycles. The number of ether oxygens (including phenoxy) is 2. The maximum absolute atomic E-state index is 6.92. The maximum atomic E-state index is 6.92. The van der Waals surface area contributed by atoms with Gasteiger partial charge in [-0.2, -0.15) is 0 Å². The molecule has 0 amide bonds. The van der Waals surface area contributed by atoms with Crippen molar-refractivity contribution in [1.29, 1.82) is 0 Å². The molecule has 2 aromatic carbocycles. The van der Waals surface area contributed by atoms with E-state index < -0.39 is 18.4 Å². The minimum atomic E-state index is -2.76. The molecule has 6 heteroatoms. The van der Waals surface area contributed by atoms with Gasteiger partial charge in [0.2, 0.25) is 0 Å². The summed E-state index contributed by atoms with van der Waals surface area (Å²) >= 11 is 4.16. The van der Waals surface area contributed by atoms with Crippen LogP contribution in [-0.2, 0) is 13.1 Å². The Morgan fingerprint density at radius 3 is 1.51 bits per heavy atom. The summed E-state index contributed by atoms with van der Waals surface area (Å²) in [5.41, 5.74) is 2.43. The molecular weight excluding hydrogens is 611 g/mol. The zero-order valence-corrected chi connectivity index (χ0v) is 28.3. The number of hydrogen-bond donors (Lipinski definition) is 0. The molecule has 0 fully saturated rings. The number of halogens is 1. The number of nitrogens with zero attached hydrogens (tertiary/aromatic N) is 2. The van der Waals surface area contributed by atoms with E-state index >= 15 is 0 Å². The van der Waals surface area contributed by atoms with Crippen molar-refractivity contribution in [3.8, 4) is 11.5 Å². The molecule has 0 radical (unpaired) electrons. The van der Waals surface area contributed by atoms with Crippen LogP contribution in [-0.4, -0.2) is 37.6 Å². The third-order valence-electron chi connectivity index (χ3n) is 7.74. The number of unbranched alkanes of at least 4 members (excludes halogenated alkanes) is 3. The van der Waals surface area contributed by atoms with Crippen LogP contribution in [0.5, 0.6) is 11.5 Å². The van der Waals surface area contributed by atoms with Crippen molar-refractivity contribution in [2.75, 3.05) is 19.1 Å². The molecule has 0 saturated carbocycles. The first-order valence-electron chi connectivity index (χ1n) is 14.7. The van der Waals surface area contributed by atoms with Gasteiger partial charge in [0.25, 0.3) is 0 Å². The predicted molar refractivity (Wildman–Crippen MR) is 170 cm³/mol. The number of pyridine rings is 1. The molecule has 0 N–H and O–H groups in total. The Hall–Kier alpha value is -1.92. The summed E-state index contributed by atoms with van der Waals surface area (Å²) in [6.07, 6.45) is 7.62. The monoisotopic (exact) mass is 658 g/mol. The number of hydrogen-bond acceptors (Lipinski definition) is 4. The molecule has 0 unspecified atom stereocenters. The number of aromatic nitrogens is 1. The normalized spacial score (nSPS) is 11.4. The summed E-state index contributed by atoms with van der Waals surface area (Å²) in [5.74, 6) is 2.71. The summed E-state index contributed by atoms with van der Waals surface area (Å²) in [6.45, 7) is 8.43. The van der Waals surface area contributed by atoms with Crippen molar-refractivity contribution in [3.05, 3.63) is 76.8 Å². The minimum absolute atomic E-state index is 0.740. The Morgan fingerprint density at radius 2 is 1.13 bits per heavy atom. The van der Waals surface area contributed by atoms with Crippen LogP contribution in [0, 0.1) is 0 Å². The molecule has 0 aliphatic rings. The molecule has 1 aromatic heterocycles. The molecule has 4 nitrogen and oxygen atoms in total. The van der Waals surface area contributed by atoms with Crippen LogP contribution in [0.2, 0.25) is 18.3 Å². The van der Waals surface area contributed by atoms with Gasteiger partial charge in [0.1, 0.15) is 0 Å². The van der Waals surface area contributed by atoms with Crippen LogP contribution in [0.4, 0.5) is 5.82 Å². The fraction of sp³-hybridized carbons (Fsp3) is 0.485. The van der Waals surface area contributed by atoms with E-state index in [2.05, 4.69) is 62.1 Å². The molecule has 0 atom stereocenters. The SMILES string of the molecule is CCC[CH2][Sn]([CH2]CCC)([CH2]CCC)[c]1cc(Cl)cc(N(Cc2ccc(OC)cc2)Cc2ccc(OC)cc2)n1. The van der Waals surface area contributed by atoms with E-state index in [-0.39, 0.29) is 0 Å². The van der Waals surface area contributed by atoms with Crippen LogP contribution in [0.15, 0.2) is 60.7 Å². The average molecular weight is 658 g/mol. The fourth-order valence-electron chi connectivity index (χ4n) is 5.34. The van der Waals surface area contributed by atoms with Gasteiger partial charge in [0.15, 0.2) is 0 Å². The predicted octanol–water partition coefficient (Wildman–Crippen LogP) is 9.02. The van der Waals surface area contributed by atoms with E-state index in [0.29, 0.717) is 0 Å². The van der Waals surface area contributed by atoms with Crippen molar-refractivity contribution >= 4 is 39.5 Å². The molecule has 0 aliphatic heterocycles. The van der Waals surface area contributed by atoms with Crippen molar-refractivity contribution in [2.45, 2.75) is 85.7 Å². The molecule has 0 spiro atoms. The van der Waals surface area contributed by atoms with Crippen molar-refractivity contribution in [2.24, 2.45) is 0 Å². The third-order valence-corrected chi connectivity index (χ3v) is 23.0. The van der Waals surface area contributed by atoms with Gasteiger partial charge in [-0.05, 0) is 0 Å². The molecule has 1 heterocycles. The molecule has 39 heavy (non-hydrogen) atoms. The molecule has 212 valence electrons. The number of rotatable bonds is 17. The van der Waals surface area contributed by atoms with E-state index in [9.17, 15) is 0 Å². The third kappa shape index (κ3) is 9.31. The number of anilines is 1. The Kier molecular flexibility index (Phi) is 13.3. The van der Waals surface area contributed by atoms with E-state index in [1.807, 2.05) is 24.3 Å². The molecule has 0 bridgehead atoms. The number of methoxy groups -OCH3 is 2. The van der Waals surface area contributed by atoms with Crippen LogP contribution in [0.1, 0.15) is 70.4 Å². The summed E-state index contributed by atoms with van der Waals surface area (Å²) in [5, 5.41) is 0.815. The standard InChI is InChI=1S/C21H20ClN2O2.3C4H9.Sn/c1-25-19-7-3-16(4-8-19)14-24(21-13-18(22)11-12-23-21)15-17-5-9-20(26-2)10-6-17;3*1-3-4-2;/h3-11,13H,14-15H2,1-2H3;3*1,3-4H2,2H3;. The number of benzene rings is 2. The van der Waals surface area contributed by atoms with Crippen molar-refractivity contribution in [3.63, 3.8) is 0 Å². The first-order chi connectivity index (χ1) is 19.0. The zero-order chi connectivity index (χ0) is 28.1. The van der Waals surface area contributed by atoms with Gasteiger partial charge in [-0.3, -0.25) is 0 Å². The van der Waals surface area contributed by atoms with Crippen molar-refractivity contribution in [1.82, 2.24) is 4.98 Å². The van der Waals surface area contributed by atoms with Gasteiger partial charge in [-0.1, -0.05) is 0 Å². The summed E-state index contributed by atoms with van der Waals surface area (Å²) in [6, 6.07) is 21.0. The second-order valence-corrected chi connectivity index (χ2v) is 24.2. The molecular formula is C33H47ClN2O2Sn. The van der Waals surface area contributed by atoms with Crippen molar-refractivity contribution < 1.29 is 9.47 Å². The zero-order valence-electron chi connectivity index (χ0n) is 24.6. The van der Waals surface area contributed by atoms with Crippen LogP contribution >= 0.6 is 11.6 Å². The Balaban J connectivity index is 2.05. The molecule has 3 aromatic rings. The van der Waals surface area contributed by atoms with Gasteiger partial charge in [-0.25, -0.2) is 0 Å². The first kappa shape index (κ1) is 31.6. The Morgan fingerprint density at radius 1 is 0.692 bits per heavy atom. The summed E-state index contributed by atoms with van der Waals surface area (Å²) in [4.78, 5) is 7.88. The van der Waals surface area contributed by atoms with Crippen LogP contribution < -0.4 is 18.1 Å².